The van der Waals surface area contributed by atoms with Crippen LogP contribution >= 0.6 is 0 Å². The summed E-state index contributed by atoms with van der Waals surface area (Å²) in [5.74, 6) is 0. The van der Waals surface area contributed by atoms with Gasteiger partial charge in [-0.2, -0.15) is 5.26 Å². The average molecular weight is 161 g/mol. The highest BCUT2D eigenvalue weighted by Crippen LogP contribution is 2.22. The Bertz CT molecular complexity index is 302. The lowest BCUT2D eigenvalue weighted by molar-refractivity contribution is 0.648. The van der Waals surface area contributed by atoms with Crippen molar-refractivity contribution in [3.8, 4) is 6.07 Å². The predicted octanol–water partition coefficient (Wildman–Crippen LogP) is 1.31. The minimum Gasteiger partial charge on any atom is -0.353 e. The SMILES string of the molecule is N#Cc1cc([C@H]2CCCN2)c[nH]1. The molecule has 62 valence electrons. The van der Waals surface area contributed by atoms with Crippen molar-refractivity contribution in [3.63, 3.8) is 0 Å². The molecule has 0 unspecified atom stereocenters. The van der Waals surface area contributed by atoms with Gasteiger partial charge in [-0.1, -0.05) is 0 Å². The third kappa shape index (κ3) is 1.21. The molecule has 0 spiro atoms. The molecule has 1 saturated heterocycles. The largest absolute Gasteiger partial charge is 0.353 e. The van der Waals surface area contributed by atoms with E-state index in [4.69, 9.17) is 5.26 Å². The van der Waals surface area contributed by atoms with Gasteiger partial charge in [0.2, 0.25) is 0 Å². The van der Waals surface area contributed by atoms with Crippen LogP contribution < -0.4 is 5.32 Å². The summed E-state index contributed by atoms with van der Waals surface area (Å²) in [6.45, 7) is 1.09. The quantitative estimate of drug-likeness (QED) is 0.652. The highest BCUT2D eigenvalue weighted by Gasteiger charge is 2.16. The van der Waals surface area contributed by atoms with Crippen LogP contribution in [-0.4, -0.2) is 11.5 Å². The van der Waals surface area contributed by atoms with Crippen molar-refractivity contribution in [2.45, 2.75) is 18.9 Å². The molecule has 1 aromatic rings. The second-order valence-corrected chi connectivity index (χ2v) is 3.11. The van der Waals surface area contributed by atoms with Crippen molar-refractivity contribution in [1.29, 1.82) is 5.26 Å². The predicted molar refractivity (Wildman–Crippen MR) is 45.5 cm³/mol. The Morgan fingerprint density at radius 1 is 1.58 bits per heavy atom. The zero-order valence-electron chi connectivity index (χ0n) is 6.80. The molecular weight excluding hydrogens is 150 g/mol. The van der Waals surface area contributed by atoms with Crippen LogP contribution in [-0.2, 0) is 0 Å². The van der Waals surface area contributed by atoms with E-state index in [2.05, 4.69) is 16.4 Å². The summed E-state index contributed by atoms with van der Waals surface area (Å²) in [5, 5.41) is 12.0. The van der Waals surface area contributed by atoms with Crippen LogP contribution in [0.25, 0.3) is 0 Å². The minimum atomic E-state index is 0.461. The molecule has 1 atom stereocenters. The van der Waals surface area contributed by atoms with E-state index in [1.54, 1.807) is 0 Å². The van der Waals surface area contributed by atoms with E-state index in [-0.39, 0.29) is 0 Å². The van der Waals surface area contributed by atoms with E-state index < -0.39 is 0 Å². The van der Waals surface area contributed by atoms with E-state index >= 15 is 0 Å². The van der Waals surface area contributed by atoms with Gasteiger partial charge in [-0.15, -0.1) is 0 Å². The smallest absolute Gasteiger partial charge is 0.117 e. The number of hydrogen-bond donors (Lipinski definition) is 2. The fourth-order valence-corrected chi connectivity index (χ4v) is 1.65. The summed E-state index contributed by atoms with van der Waals surface area (Å²) < 4.78 is 0. The first-order chi connectivity index (χ1) is 5.90. The molecule has 1 aromatic heterocycles. The average Bonchev–Trinajstić information content (AvgIpc) is 2.75. The van der Waals surface area contributed by atoms with E-state index in [1.807, 2.05) is 12.3 Å². The van der Waals surface area contributed by atoms with Gasteiger partial charge in [0.25, 0.3) is 0 Å². The highest BCUT2D eigenvalue weighted by molar-refractivity contribution is 5.28. The normalized spacial score (nSPS) is 22.4. The molecule has 3 nitrogen and oxygen atoms in total. The molecule has 0 aliphatic carbocycles. The molecule has 1 fully saturated rings. The van der Waals surface area contributed by atoms with Crippen LogP contribution in [0.2, 0.25) is 0 Å². The van der Waals surface area contributed by atoms with Gasteiger partial charge >= 0.3 is 0 Å². The van der Waals surface area contributed by atoms with Crippen molar-refractivity contribution < 1.29 is 0 Å². The van der Waals surface area contributed by atoms with Crippen LogP contribution in [0.1, 0.15) is 30.1 Å². The Morgan fingerprint density at radius 3 is 3.08 bits per heavy atom. The molecule has 0 aromatic carbocycles. The van der Waals surface area contributed by atoms with Crippen molar-refractivity contribution >= 4 is 0 Å². The maximum absolute atomic E-state index is 8.59. The molecular formula is C9H11N3. The molecule has 2 N–H and O–H groups in total. The summed E-state index contributed by atoms with van der Waals surface area (Å²) in [4.78, 5) is 2.93. The fraction of sp³-hybridized carbons (Fsp3) is 0.444. The molecule has 2 heterocycles. The van der Waals surface area contributed by atoms with Gasteiger partial charge in [0.05, 0.1) is 0 Å². The highest BCUT2D eigenvalue weighted by atomic mass is 14.9. The third-order valence-corrected chi connectivity index (χ3v) is 2.29. The lowest BCUT2D eigenvalue weighted by Gasteiger charge is -2.05. The van der Waals surface area contributed by atoms with E-state index in [0.29, 0.717) is 11.7 Å². The summed E-state index contributed by atoms with van der Waals surface area (Å²) in [5.41, 5.74) is 1.86. The Morgan fingerprint density at radius 2 is 2.50 bits per heavy atom. The topological polar surface area (TPSA) is 51.6 Å². The van der Waals surface area contributed by atoms with Gasteiger partial charge in [-0.3, -0.25) is 0 Å². The maximum Gasteiger partial charge on any atom is 0.117 e. The molecule has 1 aliphatic heterocycles. The van der Waals surface area contributed by atoms with Gasteiger partial charge in [-0.05, 0) is 31.0 Å². The number of nitrogens with one attached hydrogen (secondary N) is 2. The Labute approximate surface area is 71.4 Å². The molecule has 3 heteroatoms. The second-order valence-electron chi connectivity index (χ2n) is 3.11. The molecule has 2 rings (SSSR count). The van der Waals surface area contributed by atoms with Crippen LogP contribution in [0.4, 0.5) is 0 Å². The van der Waals surface area contributed by atoms with Crippen molar-refractivity contribution in [2.75, 3.05) is 6.54 Å². The maximum atomic E-state index is 8.59. The zero-order chi connectivity index (χ0) is 8.39. The number of H-pyrrole nitrogens is 1. The Balaban J connectivity index is 2.17. The first-order valence-electron chi connectivity index (χ1n) is 4.22. The standard InChI is InChI=1S/C9H11N3/c10-5-8-4-7(6-12-8)9-2-1-3-11-9/h4,6,9,11-12H,1-3H2/t9-/m1/s1. The van der Waals surface area contributed by atoms with E-state index in [9.17, 15) is 0 Å². The van der Waals surface area contributed by atoms with E-state index in [1.165, 1.54) is 18.4 Å². The number of nitrogens with zero attached hydrogens (tertiary/aromatic N) is 1. The fourth-order valence-electron chi connectivity index (χ4n) is 1.65. The van der Waals surface area contributed by atoms with E-state index in [0.717, 1.165) is 6.54 Å². The Kier molecular flexibility index (Phi) is 1.84. The van der Waals surface area contributed by atoms with Crippen molar-refractivity contribution in [2.24, 2.45) is 0 Å². The van der Waals surface area contributed by atoms with Crippen molar-refractivity contribution in [1.82, 2.24) is 10.3 Å². The van der Waals surface area contributed by atoms with Gasteiger partial charge in [0.15, 0.2) is 0 Å². The summed E-state index contributed by atoms with van der Waals surface area (Å²) >= 11 is 0. The van der Waals surface area contributed by atoms with Crippen molar-refractivity contribution in [3.05, 3.63) is 23.5 Å². The summed E-state index contributed by atoms with van der Waals surface area (Å²) in [6.07, 6.45) is 4.34. The van der Waals surface area contributed by atoms with Crippen LogP contribution in [0.3, 0.4) is 0 Å². The minimum absolute atomic E-state index is 0.461. The molecule has 0 bridgehead atoms. The number of aromatic amines is 1. The van der Waals surface area contributed by atoms with Gasteiger partial charge < -0.3 is 10.3 Å². The first kappa shape index (κ1) is 7.38. The van der Waals surface area contributed by atoms with Gasteiger partial charge in [0, 0.05) is 12.2 Å². The Hall–Kier alpha value is -1.27. The molecule has 12 heavy (non-hydrogen) atoms. The number of hydrogen-bond acceptors (Lipinski definition) is 2. The lowest BCUT2D eigenvalue weighted by Crippen LogP contribution is -2.11. The summed E-state index contributed by atoms with van der Waals surface area (Å²) in [7, 11) is 0. The number of aromatic nitrogens is 1. The van der Waals surface area contributed by atoms with Gasteiger partial charge in [-0.25, -0.2) is 0 Å². The molecule has 0 saturated carbocycles. The van der Waals surface area contributed by atoms with Crippen LogP contribution in [0.5, 0.6) is 0 Å². The van der Waals surface area contributed by atoms with Crippen LogP contribution in [0.15, 0.2) is 12.3 Å². The number of rotatable bonds is 1. The molecule has 0 radical (unpaired) electrons. The monoisotopic (exact) mass is 161 g/mol. The third-order valence-electron chi connectivity index (χ3n) is 2.29. The van der Waals surface area contributed by atoms with Crippen LogP contribution in [0, 0.1) is 11.3 Å². The lowest BCUT2D eigenvalue weighted by atomic mass is 10.1. The molecule has 1 aliphatic rings. The van der Waals surface area contributed by atoms with Gasteiger partial charge in [0.1, 0.15) is 11.8 Å². The zero-order valence-corrected chi connectivity index (χ0v) is 6.80. The second kappa shape index (κ2) is 3.00. The first-order valence-corrected chi connectivity index (χ1v) is 4.22. The molecule has 0 amide bonds. The summed E-state index contributed by atoms with van der Waals surface area (Å²) in [6, 6.07) is 4.47. The number of nitriles is 1.